The molecular formula is C13H25N3O. The summed E-state index contributed by atoms with van der Waals surface area (Å²) in [6.45, 7) is 5.72. The molecule has 1 aliphatic heterocycles. The molecule has 0 bridgehead atoms. The van der Waals surface area contributed by atoms with Crippen molar-refractivity contribution in [2.24, 2.45) is 5.73 Å². The summed E-state index contributed by atoms with van der Waals surface area (Å²) in [7, 11) is 2.08. The molecule has 0 spiro atoms. The van der Waals surface area contributed by atoms with Crippen molar-refractivity contribution in [1.82, 2.24) is 4.90 Å². The average Bonchev–Trinajstić information content (AvgIpc) is 2.30. The van der Waals surface area contributed by atoms with E-state index in [1.807, 2.05) is 0 Å². The van der Waals surface area contributed by atoms with Crippen LogP contribution < -0.4 is 5.73 Å². The minimum atomic E-state index is -0.735. The van der Waals surface area contributed by atoms with Crippen molar-refractivity contribution >= 4 is 0 Å². The van der Waals surface area contributed by atoms with Crippen molar-refractivity contribution in [2.75, 3.05) is 20.2 Å². The number of nitriles is 1. The second-order valence-electron chi connectivity index (χ2n) is 5.51. The van der Waals surface area contributed by atoms with Crippen LogP contribution in [0, 0.1) is 11.3 Å². The fourth-order valence-corrected chi connectivity index (χ4v) is 2.27. The highest BCUT2D eigenvalue weighted by molar-refractivity contribution is 5.02. The maximum Gasteiger partial charge on any atom is 0.102 e. The summed E-state index contributed by atoms with van der Waals surface area (Å²) in [5, 5.41) is 8.93. The maximum absolute atomic E-state index is 8.93. The predicted octanol–water partition coefficient (Wildman–Crippen LogP) is 1.51. The van der Waals surface area contributed by atoms with Gasteiger partial charge in [-0.05, 0) is 46.6 Å². The zero-order valence-corrected chi connectivity index (χ0v) is 11.3. The number of nitrogens with two attached hydrogens (primary N) is 1. The number of likely N-dealkylation sites (N-methyl/N-ethyl adjacent to an activating group) is 1. The highest BCUT2D eigenvalue weighted by Gasteiger charge is 2.25. The molecule has 0 radical (unpaired) electrons. The van der Waals surface area contributed by atoms with Crippen molar-refractivity contribution in [3.05, 3.63) is 0 Å². The van der Waals surface area contributed by atoms with Crippen molar-refractivity contribution in [1.29, 1.82) is 5.26 Å². The standard InChI is InChI=1S/C13H25N3O/c1-11(8-13(2,15)10-14)16(3)9-12-6-4-5-7-17-12/h11-12H,4-9,15H2,1-3H3. The summed E-state index contributed by atoms with van der Waals surface area (Å²) >= 11 is 0. The van der Waals surface area contributed by atoms with Gasteiger partial charge in [0.1, 0.15) is 5.54 Å². The van der Waals surface area contributed by atoms with Gasteiger partial charge in [0.25, 0.3) is 0 Å². The molecule has 0 saturated carbocycles. The smallest absolute Gasteiger partial charge is 0.102 e. The quantitative estimate of drug-likeness (QED) is 0.790. The molecule has 0 aromatic rings. The molecule has 3 atom stereocenters. The van der Waals surface area contributed by atoms with E-state index in [4.69, 9.17) is 15.7 Å². The van der Waals surface area contributed by atoms with Gasteiger partial charge in [-0.25, -0.2) is 0 Å². The van der Waals surface area contributed by atoms with Gasteiger partial charge >= 0.3 is 0 Å². The molecule has 1 rings (SSSR count). The first-order valence-electron chi connectivity index (χ1n) is 6.46. The Morgan fingerprint density at radius 1 is 1.59 bits per heavy atom. The third-order valence-electron chi connectivity index (χ3n) is 3.49. The molecule has 1 fully saturated rings. The number of rotatable bonds is 5. The van der Waals surface area contributed by atoms with E-state index < -0.39 is 5.54 Å². The lowest BCUT2D eigenvalue weighted by Crippen LogP contribution is -2.45. The van der Waals surface area contributed by atoms with E-state index in [-0.39, 0.29) is 0 Å². The molecule has 3 unspecified atom stereocenters. The molecule has 4 heteroatoms. The molecule has 2 N–H and O–H groups in total. The number of ether oxygens (including phenoxy) is 1. The molecule has 4 nitrogen and oxygen atoms in total. The Morgan fingerprint density at radius 3 is 2.82 bits per heavy atom. The van der Waals surface area contributed by atoms with Gasteiger partial charge in [0.15, 0.2) is 0 Å². The number of nitrogens with zero attached hydrogens (tertiary/aromatic N) is 2. The van der Waals surface area contributed by atoms with Crippen LogP contribution in [0.2, 0.25) is 0 Å². The molecular weight excluding hydrogens is 214 g/mol. The molecule has 1 aliphatic rings. The second-order valence-corrected chi connectivity index (χ2v) is 5.51. The van der Waals surface area contributed by atoms with E-state index in [1.165, 1.54) is 12.8 Å². The molecule has 1 saturated heterocycles. The third kappa shape index (κ3) is 5.03. The van der Waals surface area contributed by atoms with Crippen LogP contribution in [-0.4, -0.2) is 42.8 Å². The predicted molar refractivity (Wildman–Crippen MR) is 68.5 cm³/mol. The third-order valence-corrected chi connectivity index (χ3v) is 3.49. The van der Waals surface area contributed by atoms with Gasteiger partial charge in [0.2, 0.25) is 0 Å². The average molecular weight is 239 g/mol. The Bertz CT molecular complexity index is 266. The summed E-state index contributed by atoms with van der Waals surface area (Å²) in [6, 6.07) is 2.45. The first-order chi connectivity index (χ1) is 7.94. The second kappa shape index (κ2) is 6.34. The van der Waals surface area contributed by atoms with Crippen LogP contribution >= 0.6 is 0 Å². The molecule has 0 amide bonds. The summed E-state index contributed by atoms with van der Waals surface area (Å²) in [5.41, 5.74) is 5.13. The van der Waals surface area contributed by atoms with Crippen molar-refractivity contribution in [3.8, 4) is 6.07 Å². The van der Waals surface area contributed by atoms with Gasteiger partial charge in [-0.15, -0.1) is 0 Å². The number of hydrogen-bond donors (Lipinski definition) is 1. The molecule has 17 heavy (non-hydrogen) atoms. The van der Waals surface area contributed by atoms with Crippen LogP contribution in [0.5, 0.6) is 0 Å². The van der Waals surface area contributed by atoms with Gasteiger partial charge in [0, 0.05) is 19.2 Å². The lowest BCUT2D eigenvalue weighted by molar-refractivity contribution is -0.00826. The van der Waals surface area contributed by atoms with Crippen LogP contribution in [0.1, 0.15) is 39.5 Å². The van der Waals surface area contributed by atoms with Crippen molar-refractivity contribution in [3.63, 3.8) is 0 Å². The van der Waals surface area contributed by atoms with Gasteiger partial charge in [-0.3, -0.25) is 0 Å². The van der Waals surface area contributed by atoms with Crippen LogP contribution in [0.15, 0.2) is 0 Å². The Balaban J connectivity index is 2.36. The molecule has 0 aliphatic carbocycles. The Kier molecular flexibility index (Phi) is 5.38. The van der Waals surface area contributed by atoms with Crippen LogP contribution in [-0.2, 0) is 4.74 Å². The minimum absolute atomic E-state index is 0.301. The van der Waals surface area contributed by atoms with Gasteiger partial charge in [-0.1, -0.05) is 0 Å². The zero-order chi connectivity index (χ0) is 12.9. The monoisotopic (exact) mass is 239 g/mol. The van der Waals surface area contributed by atoms with E-state index >= 15 is 0 Å². The zero-order valence-electron chi connectivity index (χ0n) is 11.3. The van der Waals surface area contributed by atoms with Gasteiger partial charge in [-0.2, -0.15) is 5.26 Å². The molecule has 98 valence electrons. The normalized spacial score (nSPS) is 26.2. The first kappa shape index (κ1) is 14.4. The largest absolute Gasteiger partial charge is 0.377 e. The lowest BCUT2D eigenvalue weighted by Gasteiger charge is -2.33. The summed E-state index contributed by atoms with van der Waals surface area (Å²) in [4.78, 5) is 2.25. The van der Waals surface area contributed by atoms with Gasteiger partial charge in [0.05, 0.1) is 12.2 Å². The molecule has 1 heterocycles. The highest BCUT2D eigenvalue weighted by atomic mass is 16.5. The first-order valence-corrected chi connectivity index (χ1v) is 6.46. The van der Waals surface area contributed by atoms with Crippen molar-refractivity contribution < 1.29 is 4.74 Å². The van der Waals surface area contributed by atoms with E-state index in [9.17, 15) is 0 Å². The molecule has 0 aromatic heterocycles. The van der Waals surface area contributed by atoms with E-state index in [1.54, 1.807) is 6.92 Å². The Hall–Kier alpha value is -0.630. The van der Waals surface area contributed by atoms with Crippen LogP contribution in [0.4, 0.5) is 0 Å². The molecule has 0 aromatic carbocycles. The summed E-state index contributed by atoms with van der Waals surface area (Å²) in [5.74, 6) is 0. The Labute approximate surface area is 105 Å². The topological polar surface area (TPSA) is 62.3 Å². The summed E-state index contributed by atoms with van der Waals surface area (Å²) < 4.78 is 5.72. The van der Waals surface area contributed by atoms with Crippen molar-refractivity contribution in [2.45, 2.75) is 57.2 Å². The number of hydrogen-bond acceptors (Lipinski definition) is 4. The fourth-order valence-electron chi connectivity index (χ4n) is 2.27. The van der Waals surface area contributed by atoms with E-state index in [2.05, 4.69) is 24.9 Å². The lowest BCUT2D eigenvalue weighted by atomic mass is 9.95. The fraction of sp³-hybridized carbons (Fsp3) is 0.923. The van der Waals surface area contributed by atoms with E-state index in [0.717, 1.165) is 19.6 Å². The SMILES string of the molecule is CC(CC(C)(N)C#N)N(C)CC1CCCCO1. The minimum Gasteiger partial charge on any atom is -0.377 e. The van der Waals surface area contributed by atoms with Crippen LogP contribution in [0.3, 0.4) is 0 Å². The van der Waals surface area contributed by atoms with E-state index in [0.29, 0.717) is 18.6 Å². The summed E-state index contributed by atoms with van der Waals surface area (Å²) in [6.07, 6.45) is 4.63. The van der Waals surface area contributed by atoms with Gasteiger partial charge < -0.3 is 15.4 Å². The highest BCUT2D eigenvalue weighted by Crippen LogP contribution is 2.17. The maximum atomic E-state index is 8.93. The van der Waals surface area contributed by atoms with Crippen LogP contribution in [0.25, 0.3) is 0 Å². The Morgan fingerprint density at radius 2 is 2.29 bits per heavy atom.